The molecule has 1 aliphatic rings. The molecule has 1 N–H and O–H groups in total. The molecule has 0 spiro atoms. The second-order valence-electron chi connectivity index (χ2n) is 7.44. The fraction of sp³-hybridized carbons (Fsp3) is 0.333. The van der Waals surface area contributed by atoms with Crippen molar-refractivity contribution in [2.45, 2.75) is 38.5 Å². The Morgan fingerprint density at radius 1 is 1.12 bits per heavy atom. The molecule has 8 heteroatoms. The molecule has 1 aliphatic heterocycles. The van der Waals surface area contributed by atoms with E-state index in [2.05, 4.69) is 5.32 Å². The number of benzene rings is 2. The summed E-state index contributed by atoms with van der Waals surface area (Å²) < 4.78 is 10.5. The van der Waals surface area contributed by atoms with Crippen LogP contribution >= 0.6 is 0 Å². The number of urea groups is 1. The number of ether oxygens (including phenoxy) is 2. The van der Waals surface area contributed by atoms with Crippen LogP contribution in [0.15, 0.2) is 54.6 Å². The summed E-state index contributed by atoms with van der Waals surface area (Å²) in [6.45, 7) is 1.88. The van der Waals surface area contributed by atoms with Gasteiger partial charge in [-0.3, -0.25) is 4.79 Å². The summed E-state index contributed by atoms with van der Waals surface area (Å²) in [7, 11) is 1.55. The minimum atomic E-state index is -1.14. The van der Waals surface area contributed by atoms with E-state index in [1.54, 1.807) is 31.4 Å². The maximum atomic E-state index is 12.9. The van der Waals surface area contributed by atoms with Gasteiger partial charge in [-0.1, -0.05) is 49.4 Å². The number of β-lactam (4-membered cyclic amide) rings is 1. The lowest BCUT2D eigenvalue weighted by molar-refractivity contribution is -0.170. The first-order valence-electron chi connectivity index (χ1n) is 10.4. The Morgan fingerprint density at radius 3 is 2.41 bits per heavy atom. The summed E-state index contributed by atoms with van der Waals surface area (Å²) >= 11 is 0. The van der Waals surface area contributed by atoms with Gasteiger partial charge in [0.25, 0.3) is 0 Å². The molecule has 2 aromatic carbocycles. The van der Waals surface area contributed by atoms with Gasteiger partial charge in [-0.15, -0.1) is 0 Å². The van der Waals surface area contributed by atoms with Crippen LogP contribution in [0.25, 0.3) is 0 Å². The number of esters is 1. The molecular weight excluding hydrogens is 412 g/mol. The van der Waals surface area contributed by atoms with Crippen LogP contribution in [-0.2, 0) is 25.7 Å². The molecular formula is C24H26N2O6. The number of hydrogen-bond donors (Lipinski definition) is 1. The van der Waals surface area contributed by atoms with Gasteiger partial charge in [0.15, 0.2) is 6.04 Å². The Hall–Kier alpha value is -3.68. The van der Waals surface area contributed by atoms with Crippen LogP contribution in [0.1, 0.15) is 36.9 Å². The number of carbonyl (C=O) groups excluding carboxylic acids is 4. The Bertz CT molecular complexity index is 960. The average molecular weight is 438 g/mol. The summed E-state index contributed by atoms with van der Waals surface area (Å²) in [5.41, 5.74) is 1.61. The lowest BCUT2D eigenvalue weighted by atomic mass is 9.85. The van der Waals surface area contributed by atoms with Gasteiger partial charge in [-0.25, -0.2) is 14.5 Å². The summed E-state index contributed by atoms with van der Waals surface area (Å²) in [6, 6.07) is 14.2. The molecule has 1 fully saturated rings. The van der Waals surface area contributed by atoms with Crippen molar-refractivity contribution in [1.29, 1.82) is 0 Å². The normalized spacial score (nSPS) is 18.3. The molecule has 0 aliphatic carbocycles. The van der Waals surface area contributed by atoms with Crippen LogP contribution in [0.4, 0.5) is 4.79 Å². The predicted octanol–water partition coefficient (Wildman–Crippen LogP) is 3.02. The average Bonchev–Trinajstić information content (AvgIpc) is 2.83. The Kier molecular flexibility index (Phi) is 7.59. The number of carbonyl (C=O) groups is 4. The molecule has 3 amide bonds. The first-order valence-corrected chi connectivity index (χ1v) is 10.4. The molecule has 0 radical (unpaired) electrons. The zero-order valence-corrected chi connectivity index (χ0v) is 18.0. The summed E-state index contributed by atoms with van der Waals surface area (Å²) in [5.74, 6) is -1.53. The van der Waals surface area contributed by atoms with Crippen LogP contribution in [0.5, 0.6) is 5.75 Å². The van der Waals surface area contributed by atoms with Crippen molar-refractivity contribution in [2.75, 3.05) is 7.11 Å². The van der Waals surface area contributed by atoms with E-state index >= 15 is 0 Å². The molecule has 3 rings (SSSR count). The largest absolute Gasteiger partial charge is 0.497 e. The van der Waals surface area contributed by atoms with Crippen molar-refractivity contribution < 1.29 is 28.7 Å². The number of methoxy groups -OCH3 is 1. The number of aldehydes is 1. The topological polar surface area (TPSA) is 102 Å². The molecule has 0 saturated carbocycles. The molecule has 0 aromatic heterocycles. The van der Waals surface area contributed by atoms with E-state index in [0.717, 1.165) is 16.0 Å². The minimum absolute atomic E-state index is 0.0294. The third kappa shape index (κ3) is 4.96. The van der Waals surface area contributed by atoms with Crippen molar-refractivity contribution in [1.82, 2.24) is 10.2 Å². The highest BCUT2D eigenvalue weighted by Crippen LogP contribution is 2.31. The van der Waals surface area contributed by atoms with Crippen LogP contribution in [0.3, 0.4) is 0 Å². The summed E-state index contributed by atoms with van der Waals surface area (Å²) in [4.78, 5) is 50.0. The standard InChI is InChI=1S/C24H26N2O6/c1-3-20(17-7-5-4-6-8-17)25-24(30)26-21(19(13-14-27)22(26)28)23(29)32-15-16-9-11-18(31-2)12-10-16/h4-12,14,19-21H,3,13,15H2,1-2H3,(H,25,30). The molecule has 168 valence electrons. The number of likely N-dealkylation sites (tertiary alicyclic amines) is 1. The second-order valence-corrected chi connectivity index (χ2v) is 7.44. The van der Waals surface area contributed by atoms with Crippen molar-refractivity contribution in [3.63, 3.8) is 0 Å². The van der Waals surface area contributed by atoms with Crippen LogP contribution in [0.2, 0.25) is 0 Å². The Balaban J connectivity index is 1.69. The zero-order chi connectivity index (χ0) is 23.1. The number of rotatable bonds is 9. The van der Waals surface area contributed by atoms with E-state index in [1.165, 1.54) is 0 Å². The maximum Gasteiger partial charge on any atom is 0.330 e. The van der Waals surface area contributed by atoms with E-state index in [-0.39, 0.29) is 19.1 Å². The van der Waals surface area contributed by atoms with Crippen LogP contribution in [-0.4, -0.2) is 42.2 Å². The van der Waals surface area contributed by atoms with Gasteiger partial charge in [0.05, 0.1) is 19.1 Å². The first kappa shape index (κ1) is 23.0. The van der Waals surface area contributed by atoms with Crippen molar-refractivity contribution in [3.05, 3.63) is 65.7 Å². The Morgan fingerprint density at radius 2 is 1.81 bits per heavy atom. The quantitative estimate of drug-likeness (QED) is 0.367. The molecule has 1 heterocycles. The molecule has 3 atom stereocenters. The maximum absolute atomic E-state index is 12.9. The highest BCUT2D eigenvalue weighted by atomic mass is 16.5. The first-order chi connectivity index (χ1) is 15.5. The third-order valence-electron chi connectivity index (χ3n) is 5.47. The number of amides is 3. The van der Waals surface area contributed by atoms with E-state index < -0.39 is 29.9 Å². The smallest absolute Gasteiger partial charge is 0.330 e. The molecule has 1 saturated heterocycles. The molecule has 0 bridgehead atoms. The van der Waals surface area contributed by atoms with Gasteiger partial charge in [-0.05, 0) is 29.7 Å². The third-order valence-corrected chi connectivity index (χ3v) is 5.47. The number of nitrogens with zero attached hydrogens (tertiary/aromatic N) is 1. The van der Waals surface area contributed by atoms with E-state index in [1.807, 2.05) is 37.3 Å². The van der Waals surface area contributed by atoms with E-state index in [9.17, 15) is 19.2 Å². The molecule has 3 unspecified atom stereocenters. The van der Waals surface area contributed by atoms with Gasteiger partial charge < -0.3 is 19.6 Å². The fourth-order valence-electron chi connectivity index (χ4n) is 3.66. The van der Waals surface area contributed by atoms with Crippen LogP contribution < -0.4 is 10.1 Å². The number of hydrogen-bond acceptors (Lipinski definition) is 6. The van der Waals surface area contributed by atoms with Crippen molar-refractivity contribution in [3.8, 4) is 5.75 Å². The lowest BCUT2D eigenvalue weighted by Gasteiger charge is -2.43. The monoisotopic (exact) mass is 438 g/mol. The van der Waals surface area contributed by atoms with E-state index in [0.29, 0.717) is 18.5 Å². The zero-order valence-electron chi connectivity index (χ0n) is 18.0. The van der Waals surface area contributed by atoms with E-state index in [4.69, 9.17) is 9.47 Å². The van der Waals surface area contributed by atoms with Gasteiger partial charge in [0, 0.05) is 6.42 Å². The molecule has 2 aromatic rings. The Labute approximate surface area is 186 Å². The van der Waals surface area contributed by atoms with Gasteiger partial charge >= 0.3 is 12.0 Å². The minimum Gasteiger partial charge on any atom is -0.497 e. The highest BCUT2D eigenvalue weighted by molar-refractivity contribution is 6.08. The highest BCUT2D eigenvalue weighted by Gasteiger charge is 2.55. The molecule has 32 heavy (non-hydrogen) atoms. The molecule has 8 nitrogen and oxygen atoms in total. The second kappa shape index (κ2) is 10.6. The van der Waals surface area contributed by atoms with Crippen molar-refractivity contribution >= 4 is 24.2 Å². The summed E-state index contributed by atoms with van der Waals surface area (Å²) in [6.07, 6.45) is 1.02. The van der Waals surface area contributed by atoms with Crippen molar-refractivity contribution in [2.24, 2.45) is 5.92 Å². The van der Waals surface area contributed by atoms with Gasteiger partial charge in [0.1, 0.15) is 18.6 Å². The van der Waals surface area contributed by atoms with Crippen LogP contribution in [0, 0.1) is 5.92 Å². The fourth-order valence-corrected chi connectivity index (χ4v) is 3.66. The lowest BCUT2D eigenvalue weighted by Crippen LogP contribution is -2.68. The van der Waals surface area contributed by atoms with Gasteiger partial charge in [-0.2, -0.15) is 0 Å². The van der Waals surface area contributed by atoms with Gasteiger partial charge in [0.2, 0.25) is 5.91 Å². The summed E-state index contributed by atoms with van der Waals surface area (Å²) in [5, 5.41) is 2.81. The SMILES string of the molecule is CCC(NC(=O)N1C(=O)C(CC=O)C1C(=O)OCc1ccc(OC)cc1)c1ccccc1. The number of nitrogens with one attached hydrogen (secondary N) is 1. The predicted molar refractivity (Wildman–Crippen MR) is 116 cm³/mol. The number of imide groups is 1.